The number of hydrogen-bond acceptors (Lipinski definition) is 5. The van der Waals surface area contributed by atoms with E-state index < -0.39 is 11.2 Å². The van der Waals surface area contributed by atoms with Gasteiger partial charge in [0.15, 0.2) is 0 Å². The summed E-state index contributed by atoms with van der Waals surface area (Å²) < 4.78 is 10.9. The third-order valence-electron chi connectivity index (χ3n) is 3.22. The fourth-order valence-corrected chi connectivity index (χ4v) is 3.40. The van der Waals surface area contributed by atoms with Crippen molar-refractivity contribution in [2.45, 2.75) is 65.7 Å². The molecule has 1 aromatic rings. The van der Waals surface area contributed by atoms with Crippen LogP contribution in [-0.4, -0.2) is 34.7 Å². The van der Waals surface area contributed by atoms with E-state index in [4.69, 9.17) is 9.47 Å². The summed E-state index contributed by atoms with van der Waals surface area (Å²) in [7, 11) is 0. The van der Waals surface area contributed by atoms with Crippen LogP contribution in [0.25, 0.3) is 0 Å². The number of carbonyl (C=O) groups is 2. The van der Waals surface area contributed by atoms with Crippen molar-refractivity contribution in [1.29, 1.82) is 0 Å². The van der Waals surface area contributed by atoms with Crippen LogP contribution in [0.2, 0.25) is 0 Å². The van der Waals surface area contributed by atoms with E-state index in [0.29, 0.717) is 25.1 Å². The summed E-state index contributed by atoms with van der Waals surface area (Å²) in [6, 6.07) is 0. The first-order valence-electron chi connectivity index (χ1n) is 7.77. The smallest absolute Gasteiger partial charge is 0.410 e. The molecule has 2 rings (SSSR count). The van der Waals surface area contributed by atoms with Gasteiger partial charge >= 0.3 is 12.1 Å². The Morgan fingerprint density at radius 3 is 2.26 bits per heavy atom. The Hall–Kier alpha value is -1.56. The van der Waals surface area contributed by atoms with E-state index in [0.717, 1.165) is 10.4 Å². The van der Waals surface area contributed by atoms with Gasteiger partial charge in [-0.15, -0.1) is 11.3 Å². The van der Waals surface area contributed by atoms with Crippen molar-refractivity contribution in [3.63, 3.8) is 0 Å². The summed E-state index contributed by atoms with van der Waals surface area (Å²) in [5, 5.41) is 1.83. The van der Waals surface area contributed by atoms with Crippen LogP contribution in [0.4, 0.5) is 4.79 Å². The maximum absolute atomic E-state index is 12.3. The Balaban J connectivity index is 2.10. The number of hydrogen-bond donors (Lipinski definition) is 0. The Labute approximate surface area is 141 Å². The van der Waals surface area contributed by atoms with Crippen LogP contribution in [-0.2, 0) is 22.4 Å². The topological polar surface area (TPSA) is 55.8 Å². The van der Waals surface area contributed by atoms with E-state index in [1.807, 2.05) is 46.9 Å². The van der Waals surface area contributed by atoms with Gasteiger partial charge in [-0.1, -0.05) is 0 Å². The van der Waals surface area contributed by atoms with E-state index in [2.05, 4.69) is 0 Å². The van der Waals surface area contributed by atoms with Crippen molar-refractivity contribution in [3.8, 4) is 0 Å². The average molecular weight is 339 g/mol. The average Bonchev–Trinajstić information content (AvgIpc) is 2.77. The molecule has 0 spiro atoms. The summed E-state index contributed by atoms with van der Waals surface area (Å²) in [6.07, 6.45) is 0.336. The highest BCUT2D eigenvalue weighted by molar-refractivity contribution is 7.10. The first-order valence-corrected chi connectivity index (χ1v) is 8.65. The first-order chi connectivity index (χ1) is 10.5. The Morgan fingerprint density at radius 1 is 1.09 bits per heavy atom. The zero-order valence-corrected chi connectivity index (χ0v) is 15.5. The van der Waals surface area contributed by atoms with Gasteiger partial charge in [-0.2, -0.15) is 0 Å². The maximum atomic E-state index is 12.3. The Morgan fingerprint density at radius 2 is 1.70 bits per heavy atom. The largest absolute Gasteiger partial charge is 0.456 e. The minimum atomic E-state index is -0.511. The number of rotatable bonds is 1. The number of esters is 1. The molecule has 128 valence electrons. The molecular weight excluding hydrogens is 314 g/mol. The van der Waals surface area contributed by atoms with Crippen LogP contribution in [0.5, 0.6) is 0 Å². The van der Waals surface area contributed by atoms with Crippen molar-refractivity contribution < 1.29 is 19.1 Å². The standard InChI is InChI=1S/C17H25NO4S/c1-16(2,3)21-14(19)12-10-23-13-9-18(8-7-11(12)13)15(20)22-17(4,5)6/h10H,7-9H2,1-6H3. The lowest BCUT2D eigenvalue weighted by molar-refractivity contribution is 0.00685. The van der Waals surface area contributed by atoms with Crippen LogP contribution in [0.15, 0.2) is 5.38 Å². The molecule has 1 amide bonds. The Bertz CT molecular complexity index is 607. The molecule has 0 unspecified atom stereocenters. The van der Waals surface area contributed by atoms with Gasteiger partial charge in [0.1, 0.15) is 11.2 Å². The predicted molar refractivity (Wildman–Crippen MR) is 89.8 cm³/mol. The molecule has 0 saturated carbocycles. The molecule has 0 bridgehead atoms. The van der Waals surface area contributed by atoms with Crippen molar-refractivity contribution >= 4 is 23.4 Å². The molecule has 0 fully saturated rings. The Kier molecular flexibility index (Phi) is 4.76. The number of fused-ring (bicyclic) bond motifs is 1. The number of amides is 1. The van der Waals surface area contributed by atoms with Gasteiger partial charge in [0, 0.05) is 16.8 Å². The van der Waals surface area contributed by atoms with E-state index in [1.54, 1.807) is 4.90 Å². The third kappa shape index (κ3) is 4.70. The lowest BCUT2D eigenvalue weighted by Gasteiger charge is -2.30. The second-order valence-corrected chi connectivity index (χ2v) is 8.67. The highest BCUT2D eigenvalue weighted by atomic mass is 32.1. The second kappa shape index (κ2) is 6.15. The lowest BCUT2D eigenvalue weighted by Crippen LogP contribution is -2.39. The molecule has 0 N–H and O–H groups in total. The van der Waals surface area contributed by atoms with Crippen LogP contribution in [0.1, 0.15) is 62.3 Å². The molecule has 23 heavy (non-hydrogen) atoms. The van der Waals surface area contributed by atoms with E-state index >= 15 is 0 Å². The zero-order valence-electron chi connectivity index (χ0n) is 14.7. The molecule has 1 aliphatic heterocycles. The number of carbonyl (C=O) groups excluding carboxylic acids is 2. The van der Waals surface area contributed by atoms with Gasteiger partial charge in [0.2, 0.25) is 0 Å². The number of ether oxygens (including phenoxy) is 2. The van der Waals surface area contributed by atoms with Crippen LogP contribution in [0, 0.1) is 0 Å². The predicted octanol–water partition coefficient (Wildman–Crippen LogP) is 4.00. The van der Waals surface area contributed by atoms with Crippen LogP contribution >= 0.6 is 11.3 Å². The summed E-state index contributed by atoms with van der Waals surface area (Å²) in [5.41, 5.74) is 0.616. The SMILES string of the molecule is CC(C)(C)OC(=O)c1csc2c1CCN(C(=O)OC(C)(C)C)C2. The molecule has 0 atom stereocenters. The minimum absolute atomic E-state index is 0.291. The van der Waals surface area contributed by atoms with Crippen molar-refractivity contribution in [2.24, 2.45) is 0 Å². The van der Waals surface area contributed by atoms with Gasteiger partial charge in [-0.25, -0.2) is 9.59 Å². The molecule has 1 aliphatic rings. The normalized spacial score (nSPS) is 15.1. The third-order valence-corrected chi connectivity index (χ3v) is 4.23. The number of thiophene rings is 1. The first kappa shape index (κ1) is 17.8. The number of nitrogens with zero attached hydrogens (tertiary/aromatic N) is 1. The molecule has 0 saturated heterocycles. The minimum Gasteiger partial charge on any atom is -0.456 e. The summed E-state index contributed by atoms with van der Waals surface area (Å²) in [5.74, 6) is -0.291. The summed E-state index contributed by atoms with van der Waals surface area (Å²) in [6.45, 7) is 12.2. The fourth-order valence-electron chi connectivity index (χ4n) is 2.32. The van der Waals surface area contributed by atoms with Crippen LogP contribution < -0.4 is 0 Å². The molecule has 1 aromatic heterocycles. The quantitative estimate of drug-likeness (QED) is 0.726. The summed E-state index contributed by atoms with van der Waals surface area (Å²) in [4.78, 5) is 27.2. The fraction of sp³-hybridized carbons (Fsp3) is 0.647. The van der Waals surface area contributed by atoms with Gasteiger partial charge in [0.05, 0.1) is 12.1 Å². The molecular formula is C17H25NO4S. The van der Waals surface area contributed by atoms with Gasteiger partial charge < -0.3 is 14.4 Å². The van der Waals surface area contributed by atoms with Gasteiger partial charge in [0.25, 0.3) is 0 Å². The molecule has 6 heteroatoms. The van der Waals surface area contributed by atoms with Gasteiger partial charge in [-0.3, -0.25) is 0 Å². The molecule has 5 nitrogen and oxygen atoms in total. The maximum Gasteiger partial charge on any atom is 0.410 e. The highest BCUT2D eigenvalue weighted by Gasteiger charge is 2.30. The highest BCUT2D eigenvalue weighted by Crippen LogP contribution is 2.30. The van der Waals surface area contributed by atoms with E-state index in [-0.39, 0.29) is 12.1 Å². The zero-order chi connectivity index (χ0) is 17.4. The van der Waals surface area contributed by atoms with Gasteiger partial charge in [-0.05, 0) is 53.5 Å². The monoisotopic (exact) mass is 339 g/mol. The van der Waals surface area contributed by atoms with Crippen molar-refractivity contribution in [2.75, 3.05) is 6.54 Å². The van der Waals surface area contributed by atoms with Crippen LogP contribution in [0.3, 0.4) is 0 Å². The second-order valence-electron chi connectivity index (χ2n) is 7.70. The van der Waals surface area contributed by atoms with E-state index in [9.17, 15) is 9.59 Å². The molecule has 2 heterocycles. The van der Waals surface area contributed by atoms with Crippen molar-refractivity contribution in [3.05, 3.63) is 21.4 Å². The summed E-state index contributed by atoms with van der Waals surface area (Å²) >= 11 is 1.50. The van der Waals surface area contributed by atoms with Crippen molar-refractivity contribution in [1.82, 2.24) is 4.90 Å². The molecule has 0 aromatic carbocycles. The van der Waals surface area contributed by atoms with E-state index in [1.165, 1.54) is 11.3 Å². The molecule has 0 radical (unpaired) electrons. The molecule has 0 aliphatic carbocycles. The lowest BCUT2D eigenvalue weighted by atomic mass is 10.0.